The summed E-state index contributed by atoms with van der Waals surface area (Å²) in [6, 6.07) is 9.54. The second-order valence-electron chi connectivity index (χ2n) is 3.93. The van der Waals surface area contributed by atoms with Crippen LogP contribution in [-0.2, 0) is 6.18 Å². The second kappa shape index (κ2) is 6.43. The minimum absolute atomic E-state index is 0. The molecule has 0 amide bonds. The van der Waals surface area contributed by atoms with E-state index < -0.39 is 22.9 Å². The standard InChI is InChI=1S/C14H9F3O2.Na/c15-14(16,17)11-5-1-9(2-6-11)10-3-7-12(18)13(19)8-4-10;/h1-8H,(H,18,19);/q;+1/p-1. The van der Waals surface area contributed by atoms with Crippen molar-refractivity contribution in [3.05, 3.63) is 64.3 Å². The van der Waals surface area contributed by atoms with Crippen LogP contribution in [0, 0.1) is 0 Å². The molecule has 6 heteroatoms. The minimum Gasteiger partial charge on any atom is -0.870 e. The molecular weight excluding hydrogens is 280 g/mol. The Labute approximate surface area is 135 Å². The van der Waals surface area contributed by atoms with Gasteiger partial charge in [-0.2, -0.15) is 13.2 Å². The van der Waals surface area contributed by atoms with Crippen LogP contribution in [0.25, 0.3) is 11.1 Å². The predicted molar refractivity (Wildman–Crippen MR) is 62.6 cm³/mol. The predicted octanol–water partition coefficient (Wildman–Crippen LogP) is -0.190. The normalized spacial score (nSPS) is 10.8. The zero-order chi connectivity index (χ0) is 14.0. The van der Waals surface area contributed by atoms with Crippen molar-refractivity contribution >= 4 is 0 Å². The first-order valence-corrected chi connectivity index (χ1v) is 5.37. The molecular formula is C14H8F3NaO2. The SMILES string of the molecule is O=c1ccc(-c2ccc(C(F)(F)F)cc2)ccc1[O-].[Na+]. The summed E-state index contributed by atoms with van der Waals surface area (Å²) in [7, 11) is 0. The Morgan fingerprint density at radius 1 is 0.800 bits per heavy atom. The van der Waals surface area contributed by atoms with Crippen LogP contribution in [0.2, 0.25) is 0 Å². The smallest absolute Gasteiger partial charge is 0.870 e. The molecule has 0 N–H and O–H groups in total. The van der Waals surface area contributed by atoms with Gasteiger partial charge in [-0.1, -0.05) is 36.1 Å². The largest absolute Gasteiger partial charge is 1.00 e. The molecule has 0 aliphatic rings. The van der Waals surface area contributed by atoms with Gasteiger partial charge >= 0.3 is 35.7 Å². The number of rotatable bonds is 1. The van der Waals surface area contributed by atoms with Crippen molar-refractivity contribution in [2.75, 3.05) is 0 Å². The van der Waals surface area contributed by atoms with Gasteiger partial charge in [0.25, 0.3) is 0 Å². The van der Waals surface area contributed by atoms with Crippen molar-refractivity contribution in [3.8, 4) is 16.9 Å². The van der Waals surface area contributed by atoms with Crippen LogP contribution >= 0.6 is 0 Å². The molecule has 0 bridgehead atoms. The van der Waals surface area contributed by atoms with Crippen LogP contribution in [0.1, 0.15) is 5.56 Å². The number of hydrogen-bond donors (Lipinski definition) is 0. The number of halogens is 3. The van der Waals surface area contributed by atoms with Gasteiger partial charge in [-0.3, -0.25) is 4.79 Å². The van der Waals surface area contributed by atoms with E-state index >= 15 is 0 Å². The van der Waals surface area contributed by atoms with Crippen molar-refractivity contribution in [1.82, 2.24) is 0 Å². The van der Waals surface area contributed by atoms with E-state index in [0.717, 1.165) is 24.3 Å². The summed E-state index contributed by atoms with van der Waals surface area (Å²) in [6.45, 7) is 0. The average Bonchev–Trinajstić information content (AvgIpc) is 2.52. The van der Waals surface area contributed by atoms with Gasteiger partial charge in [0.15, 0.2) is 5.43 Å². The Bertz CT molecular complexity index is 652. The van der Waals surface area contributed by atoms with E-state index in [1.165, 1.54) is 24.3 Å². The molecule has 0 unspecified atom stereocenters. The van der Waals surface area contributed by atoms with Gasteiger partial charge in [0.2, 0.25) is 0 Å². The fourth-order valence-corrected chi connectivity index (χ4v) is 1.59. The molecule has 2 nitrogen and oxygen atoms in total. The third-order valence-corrected chi connectivity index (χ3v) is 2.62. The van der Waals surface area contributed by atoms with E-state index in [9.17, 15) is 23.1 Å². The Morgan fingerprint density at radius 2 is 1.25 bits per heavy atom. The van der Waals surface area contributed by atoms with E-state index in [4.69, 9.17) is 0 Å². The first-order valence-electron chi connectivity index (χ1n) is 5.37. The molecule has 0 aliphatic carbocycles. The summed E-state index contributed by atoms with van der Waals surface area (Å²) >= 11 is 0. The van der Waals surface area contributed by atoms with Crippen LogP contribution in [-0.4, -0.2) is 0 Å². The number of alkyl halides is 3. The summed E-state index contributed by atoms with van der Waals surface area (Å²) in [6.07, 6.45) is -4.38. The van der Waals surface area contributed by atoms with Gasteiger partial charge in [-0.05, 0) is 29.3 Å². The molecule has 2 aromatic rings. The summed E-state index contributed by atoms with van der Waals surface area (Å²) in [5.74, 6) is -0.654. The van der Waals surface area contributed by atoms with E-state index in [1.807, 2.05) is 0 Å². The second-order valence-corrected chi connectivity index (χ2v) is 3.93. The molecule has 0 aromatic heterocycles. The van der Waals surface area contributed by atoms with Crippen molar-refractivity contribution in [2.24, 2.45) is 0 Å². The van der Waals surface area contributed by atoms with Crippen molar-refractivity contribution in [2.45, 2.75) is 6.18 Å². The van der Waals surface area contributed by atoms with Crippen molar-refractivity contribution < 1.29 is 47.8 Å². The van der Waals surface area contributed by atoms with E-state index in [0.29, 0.717) is 11.1 Å². The van der Waals surface area contributed by atoms with Gasteiger partial charge in [-0.25, -0.2) is 0 Å². The molecule has 0 radical (unpaired) electrons. The molecule has 0 saturated carbocycles. The van der Waals surface area contributed by atoms with Crippen molar-refractivity contribution in [1.29, 1.82) is 0 Å². The monoisotopic (exact) mass is 288 g/mol. The molecule has 0 fully saturated rings. The van der Waals surface area contributed by atoms with Gasteiger partial charge in [0.1, 0.15) is 0 Å². The van der Waals surface area contributed by atoms with Crippen LogP contribution in [0.15, 0.2) is 53.3 Å². The van der Waals surface area contributed by atoms with Crippen LogP contribution in [0.5, 0.6) is 5.75 Å². The van der Waals surface area contributed by atoms with E-state index in [2.05, 4.69) is 0 Å². The molecule has 2 rings (SSSR count). The van der Waals surface area contributed by atoms with Gasteiger partial charge < -0.3 is 5.11 Å². The maximum absolute atomic E-state index is 12.4. The maximum Gasteiger partial charge on any atom is 1.00 e. The topological polar surface area (TPSA) is 40.1 Å². The maximum atomic E-state index is 12.4. The molecule has 2 aromatic carbocycles. The minimum atomic E-state index is -4.38. The Hall–Kier alpha value is -1.30. The van der Waals surface area contributed by atoms with Crippen LogP contribution in [0.4, 0.5) is 13.2 Å². The Balaban J connectivity index is 0.00000200. The van der Waals surface area contributed by atoms with Gasteiger partial charge in [0.05, 0.1) is 5.56 Å². The van der Waals surface area contributed by atoms with Crippen molar-refractivity contribution in [3.63, 3.8) is 0 Å². The first kappa shape index (κ1) is 16.8. The third-order valence-electron chi connectivity index (χ3n) is 2.62. The summed E-state index contributed by atoms with van der Waals surface area (Å²) in [4.78, 5) is 11.1. The molecule has 0 heterocycles. The Kier molecular flexibility index (Phi) is 5.39. The van der Waals surface area contributed by atoms with Gasteiger partial charge in [0, 0.05) is 0 Å². The number of hydrogen-bond acceptors (Lipinski definition) is 2. The summed E-state index contributed by atoms with van der Waals surface area (Å²) in [5.41, 5.74) is -0.389. The molecule has 0 saturated heterocycles. The fraction of sp³-hybridized carbons (Fsp3) is 0.0714. The average molecular weight is 288 g/mol. The summed E-state index contributed by atoms with van der Waals surface area (Å²) in [5, 5.41) is 11.1. The first-order chi connectivity index (χ1) is 8.88. The molecule has 20 heavy (non-hydrogen) atoms. The zero-order valence-electron chi connectivity index (χ0n) is 10.6. The van der Waals surface area contributed by atoms with Gasteiger partial charge in [-0.15, -0.1) is 0 Å². The third kappa shape index (κ3) is 3.85. The molecule has 98 valence electrons. The molecule has 0 aliphatic heterocycles. The van der Waals surface area contributed by atoms with E-state index in [-0.39, 0.29) is 29.6 Å². The van der Waals surface area contributed by atoms with Crippen LogP contribution in [0.3, 0.4) is 0 Å². The quantitative estimate of drug-likeness (QED) is 0.683. The summed E-state index contributed by atoms with van der Waals surface area (Å²) < 4.78 is 37.2. The number of benzene rings is 1. The Morgan fingerprint density at radius 3 is 1.75 bits per heavy atom. The zero-order valence-corrected chi connectivity index (χ0v) is 12.6. The molecule has 0 spiro atoms. The van der Waals surface area contributed by atoms with E-state index in [1.54, 1.807) is 0 Å². The molecule has 0 atom stereocenters. The van der Waals surface area contributed by atoms with Crippen LogP contribution < -0.4 is 40.1 Å². The fourth-order valence-electron chi connectivity index (χ4n) is 1.59.